The average Bonchev–Trinajstić information content (AvgIpc) is 2.77. The van der Waals surface area contributed by atoms with Gasteiger partial charge in [0.05, 0.1) is 5.75 Å². The minimum absolute atomic E-state index is 0.0944. The van der Waals surface area contributed by atoms with Gasteiger partial charge in [0.15, 0.2) is 0 Å². The maximum atomic E-state index is 11.8. The van der Waals surface area contributed by atoms with Crippen LogP contribution in [-0.4, -0.2) is 30.0 Å². The van der Waals surface area contributed by atoms with E-state index in [-0.39, 0.29) is 5.91 Å². The molecule has 18 heavy (non-hydrogen) atoms. The van der Waals surface area contributed by atoms with Crippen molar-refractivity contribution in [2.45, 2.75) is 25.5 Å². The van der Waals surface area contributed by atoms with Crippen LogP contribution in [0, 0.1) is 13.8 Å². The zero-order valence-electron chi connectivity index (χ0n) is 11.0. The van der Waals surface area contributed by atoms with Crippen LogP contribution in [0.3, 0.4) is 0 Å². The first-order valence-corrected chi connectivity index (χ1v) is 7.39. The zero-order valence-corrected chi connectivity index (χ0v) is 11.8. The van der Waals surface area contributed by atoms with Crippen LogP contribution < -0.4 is 10.6 Å². The Bertz CT molecular complexity index is 408. The first kappa shape index (κ1) is 13.4. The molecule has 98 valence electrons. The number of carbonyl (C=O) groups excluding carboxylic acids is 1. The van der Waals surface area contributed by atoms with Crippen LogP contribution in [0.4, 0.5) is 5.69 Å². The van der Waals surface area contributed by atoms with E-state index in [1.54, 1.807) is 11.8 Å². The van der Waals surface area contributed by atoms with Crippen molar-refractivity contribution in [2.75, 3.05) is 24.2 Å². The van der Waals surface area contributed by atoms with E-state index in [0.29, 0.717) is 11.0 Å². The van der Waals surface area contributed by atoms with E-state index >= 15 is 0 Å². The number of nitrogens with one attached hydrogen (secondary N) is 2. The van der Waals surface area contributed by atoms with Crippen molar-refractivity contribution in [1.82, 2.24) is 5.32 Å². The van der Waals surface area contributed by atoms with Crippen LogP contribution in [-0.2, 0) is 4.79 Å². The summed E-state index contributed by atoms with van der Waals surface area (Å²) >= 11 is 1.75. The summed E-state index contributed by atoms with van der Waals surface area (Å²) in [6.07, 6.45) is 1.17. The van der Waals surface area contributed by atoms with Crippen molar-refractivity contribution in [3.8, 4) is 0 Å². The van der Waals surface area contributed by atoms with Gasteiger partial charge in [-0.3, -0.25) is 4.79 Å². The van der Waals surface area contributed by atoms with E-state index in [1.807, 2.05) is 26.0 Å². The lowest BCUT2D eigenvalue weighted by atomic mass is 10.1. The molecular formula is C14H20N2OS. The van der Waals surface area contributed by atoms with E-state index in [1.165, 1.54) is 17.5 Å². The van der Waals surface area contributed by atoms with Gasteiger partial charge in [-0.2, -0.15) is 0 Å². The number of amides is 1. The lowest BCUT2D eigenvalue weighted by Crippen LogP contribution is -2.18. The Balaban J connectivity index is 1.82. The molecule has 2 N–H and O–H groups in total. The highest BCUT2D eigenvalue weighted by atomic mass is 32.2. The molecule has 1 atom stereocenters. The molecule has 1 aromatic rings. The van der Waals surface area contributed by atoms with Gasteiger partial charge in [-0.05, 0) is 50.1 Å². The number of thioether (sulfide) groups is 1. The molecule has 0 saturated carbocycles. The molecule has 1 amide bonds. The fourth-order valence-electron chi connectivity index (χ4n) is 2.21. The Morgan fingerprint density at radius 1 is 1.39 bits per heavy atom. The first-order valence-electron chi connectivity index (χ1n) is 6.34. The van der Waals surface area contributed by atoms with E-state index in [4.69, 9.17) is 0 Å². The minimum atomic E-state index is 0.0944. The minimum Gasteiger partial charge on any atom is -0.325 e. The number of hydrogen-bond acceptors (Lipinski definition) is 3. The normalized spacial score (nSPS) is 18.9. The van der Waals surface area contributed by atoms with Crippen LogP contribution in [0.25, 0.3) is 0 Å². The van der Waals surface area contributed by atoms with Gasteiger partial charge in [0.1, 0.15) is 0 Å². The van der Waals surface area contributed by atoms with Crippen molar-refractivity contribution in [1.29, 1.82) is 0 Å². The van der Waals surface area contributed by atoms with Gasteiger partial charge in [0, 0.05) is 17.5 Å². The first-order chi connectivity index (χ1) is 8.63. The lowest BCUT2D eigenvalue weighted by Gasteiger charge is -2.10. The molecule has 0 radical (unpaired) electrons. The largest absolute Gasteiger partial charge is 0.325 e. The van der Waals surface area contributed by atoms with Gasteiger partial charge in [-0.25, -0.2) is 0 Å². The number of rotatable bonds is 4. The van der Waals surface area contributed by atoms with Crippen LogP contribution in [0.15, 0.2) is 18.2 Å². The molecule has 0 bridgehead atoms. The average molecular weight is 264 g/mol. The highest BCUT2D eigenvalue weighted by molar-refractivity contribution is 8.00. The van der Waals surface area contributed by atoms with E-state index in [0.717, 1.165) is 18.8 Å². The Kier molecular flexibility index (Phi) is 4.66. The predicted molar refractivity (Wildman–Crippen MR) is 78.3 cm³/mol. The third-order valence-corrected chi connectivity index (χ3v) is 4.27. The van der Waals surface area contributed by atoms with Gasteiger partial charge in [0.2, 0.25) is 5.91 Å². The molecule has 1 unspecified atom stereocenters. The summed E-state index contributed by atoms with van der Waals surface area (Å²) in [6.45, 7) is 6.20. The summed E-state index contributed by atoms with van der Waals surface area (Å²) in [5.41, 5.74) is 3.26. The van der Waals surface area contributed by atoms with Gasteiger partial charge >= 0.3 is 0 Å². The maximum Gasteiger partial charge on any atom is 0.234 e. The molecular weight excluding hydrogens is 244 g/mol. The molecule has 0 spiro atoms. The highest BCUT2D eigenvalue weighted by Gasteiger charge is 2.16. The Morgan fingerprint density at radius 3 is 2.72 bits per heavy atom. The van der Waals surface area contributed by atoms with Gasteiger partial charge < -0.3 is 10.6 Å². The molecule has 1 fully saturated rings. The Labute approximate surface area is 113 Å². The van der Waals surface area contributed by atoms with Gasteiger partial charge in [-0.15, -0.1) is 11.8 Å². The van der Waals surface area contributed by atoms with Crippen molar-refractivity contribution >= 4 is 23.4 Å². The van der Waals surface area contributed by atoms with E-state index in [2.05, 4.69) is 16.7 Å². The molecule has 4 heteroatoms. The molecule has 1 saturated heterocycles. The molecule has 0 aliphatic carbocycles. The summed E-state index contributed by atoms with van der Waals surface area (Å²) in [5, 5.41) is 6.87. The number of hydrogen-bond donors (Lipinski definition) is 2. The number of aryl methyl sites for hydroxylation is 2. The second-order valence-corrected chi connectivity index (χ2v) is 6.14. The van der Waals surface area contributed by atoms with Crippen LogP contribution in [0.5, 0.6) is 0 Å². The van der Waals surface area contributed by atoms with E-state index in [9.17, 15) is 4.79 Å². The standard InChI is InChI=1S/C14H20N2OS/c1-10-5-11(2)7-12(6-10)16-14(17)9-18-13-3-4-15-8-13/h5-7,13,15H,3-4,8-9H2,1-2H3,(H,16,17). The van der Waals surface area contributed by atoms with Crippen molar-refractivity contribution < 1.29 is 4.79 Å². The van der Waals surface area contributed by atoms with Gasteiger partial charge in [0.25, 0.3) is 0 Å². The fourth-order valence-corrected chi connectivity index (χ4v) is 3.19. The topological polar surface area (TPSA) is 41.1 Å². The van der Waals surface area contributed by atoms with Crippen molar-refractivity contribution in [3.63, 3.8) is 0 Å². The number of carbonyl (C=O) groups is 1. The fraction of sp³-hybridized carbons (Fsp3) is 0.500. The molecule has 0 aromatic heterocycles. The summed E-state index contributed by atoms with van der Waals surface area (Å²) < 4.78 is 0. The molecule has 1 aliphatic rings. The highest BCUT2D eigenvalue weighted by Crippen LogP contribution is 2.18. The quantitative estimate of drug-likeness (QED) is 0.877. The summed E-state index contributed by atoms with van der Waals surface area (Å²) in [6, 6.07) is 6.12. The third kappa shape index (κ3) is 4.03. The van der Waals surface area contributed by atoms with Gasteiger partial charge in [-0.1, -0.05) is 6.07 Å². The molecule has 1 aromatic carbocycles. The molecule has 3 nitrogen and oxygen atoms in total. The summed E-state index contributed by atoms with van der Waals surface area (Å²) in [5.74, 6) is 0.635. The molecule has 2 rings (SSSR count). The van der Waals surface area contributed by atoms with E-state index < -0.39 is 0 Å². The Hall–Kier alpha value is -1.00. The summed E-state index contributed by atoms with van der Waals surface area (Å²) in [4.78, 5) is 11.8. The molecule has 1 aliphatic heterocycles. The van der Waals surface area contributed by atoms with Crippen LogP contribution >= 0.6 is 11.8 Å². The predicted octanol–water partition coefficient (Wildman–Crippen LogP) is 2.34. The number of anilines is 1. The maximum absolute atomic E-state index is 11.8. The SMILES string of the molecule is Cc1cc(C)cc(NC(=O)CSC2CCNC2)c1. The second-order valence-electron chi connectivity index (χ2n) is 4.85. The smallest absolute Gasteiger partial charge is 0.234 e. The monoisotopic (exact) mass is 264 g/mol. The third-order valence-electron chi connectivity index (χ3n) is 2.97. The number of benzene rings is 1. The zero-order chi connectivity index (χ0) is 13.0. The lowest BCUT2D eigenvalue weighted by molar-refractivity contribution is -0.113. The van der Waals surface area contributed by atoms with Crippen LogP contribution in [0.1, 0.15) is 17.5 Å². The van der Waals surface area contributed by atoms with Crippen molar-refractivity contribution in [2.24, 2.45) is 0 Å². The second kappa shape index (κ2) is 6.25. The van der Waals surface area contributed by atoms with Crippen LogP contribution in [0.2, 0.25) is 0 Å². The van der Waals surface area contributed by atoms with Crippen molar-refractivity contribution in [3.05, 3.63) is 29.3 Å². The summed E-state index contributed by atoms with van der Waals surface area (Å²) in [7, 11) is 0. The Morgan fingerprint density at radius 2 is 2.11 bits per heavy atom. The molecule has 1 heterocycles.